The van der Waals surface area contributed by atoms with Gasteiger partial charge >= 0.3 is 0 Å². The molecule has 0 radical (unpaired) electrons. The lowest BCUT2D eigenvalue weighted by Gasteiger charge is -2.14. The van der Waals surface area contributed by atoms with Crippen molar-refractivity contribution in [3.63, 3.8) is 0 Å². The number of aryl methyl sites for hydroxylation is 1. The summed E-state index contributed by atoms with van der Waals surface area (Å²) >= 11 is 10.9. The second-order valence-electron chi connectivity index (χ2n) is 4.26. The molecule has 0 bridgehead atoms. The van der Waals surface area contributed by atoms with Gasteiger partial charge in [0.15, 0.2) is 0 Å². The summed E-state index contributed by atoms with van der Waals surface area (Å²) in [6.07, 6.45) is 0. The number of halogens is 3. The zero-order chi connectivity index (χ0) is 14.0. The van der Waals surface area contributed by atoms with Crippen LogP contribution in [0.4, 0.5) is 0 Å². The number of hydrogen-bond donors (Lipinski definition) is 0. The summed E-state index contributed by atoms with van der Waals surface area (Å²) in [5.41, 5.74) is 3.62. The van der Waals surface area contributed by atoms with Crippen molar-refractivity contribution >= 4 is 47.8 Å². The molecule has 19 heavy (non-hydrogen) atoms. The average molecular weight is 449 g/mol. The van der Waals surface area contributed by atoms with Crippen LogP contribution in [0.25, 0.3) is 0 Å². The summed E-state index contributed by atoms with van der Waals surface area (Å²) in [6.45, 7) is 2.08. The van der Waals surface area contributed by atoms with Gasteiger partial charge in [0.2, 0.25) is 0 Å². The normalized spacial score (nSPS) is 12.3. The van der Waals surface area contributed by atoms with Crippen molar-refractivity contribution in [1.82, 2.24) is 0 Å². The number of rotatable bonds is 3. The Hall–Kier alpha value is -0.320. The standard InChI is InChI=1S/C15H13Br3O/c1-9-3-4-10(7-13(9)16)15(18)12-6-5-11(19-2)8-14(12)17/h3-8,15H,1-2H3. The second-order valence-corrected chi connectivity index (χ2v) is 6.88. The van der Waals surface area contributed by atoms with Gasteiger partial charge in [-0.3, -0.25) is 0 Å². The van der Waals surface area contributed by atoms with E-state index in [9.17, 15) is 0 Å². The fourth-order valence-corrected chi connectivity index (χ4v) is 3.76. The van der Waals surface area contributed by atoms with Gasteiger partial charge in [-0.1, -0.05) is 66.0 Å². The molecule has 4 heteroatoms. The molecule has 2 aromatic rings. The SMILES string of the molecule is COc1ccc(C(Br)c2ccc(C)c(Br)c2)c(Br)c1. The van der Waals surface area contributed by atoms with E-state index >= 15 is 0 Å². The molecule has 1 atom stereocenters. The molecule has 0 aromatic heterocycles. The van der Waals surface area contributed by atoms with E-state index in [0.717, 1.165) is 14.7 Å². The Bertz CT molecular complexity index is 596. The zero-order valence-electron chi connectivity index (χ0n) is 10.6. The van der Waals surface area contributed by atoms with Crippen LogP contribution < -0.4 is 4.74 Å². The lowest BCUT2D eigenvalue weighted by molar-refractivity contribution is 0.414. The van der Waals surface area contributed by atoms with Crippen LogP contribution in [-0.4, -0.2) is 7.11 Å². The molecule has 0 N–H and O–H groups in total. The molecule has 1 nitrogen and oxygen atoms in total. The average Bonchev–Trinajstić information content (AvgIpc) is 2.41. The highest BCUT2D eigenvalue weighted by Crippen LogP contribution is 2.38. The first-order valence-electron chi connectivity index (χ1n) is 5.76. The van der Waals surface area contributed by atoms with Crippen molar-refractivity contribution in [3.05, 3.63) is 62.0 Å². The van der Waals surface area contributed by atoms with Crippen LogP contribution in [0.15, 0.2) is 45.3 Å². The number of alkyl halides is 1. The molecule has 0 aliphatic heterocycles. The van der Waals surface area contributed by atoms with Crippen LogP contribution in [-0.2, 0) is 0 Å². The van der Waals surface area contributed by atoms with Gasteiger partial charge in [0.1, 0.15) is 5.75 Å². The fourth-order valence-electron chi connectivity index (χ4n) is 1.79. The molecule has 0 saturated carbocycles. The van der Waals surface area contributed by atoms with E-state index in [2.05, 4.69) is 79.0 Å². The topological polar surface area (TPSA) is 9.23 Å². The minimum Gasteiger partial charge on any atom is -0.497 e. The molecule has 1 unspecified atom stereocenters. The molecule has 0 heterocycles. The van der Waals surface area contributed by atoms with Gasteiger partial charge in [-0.15, -0.1) is 0 Å². The maximum atomic E-state index is 5.22. The first kappa shape index (κ1) is 15.1. The minimum atomic E-state index is 0.143. The number of ether oxygens (including phenoxy) is 1. The molecule has 0 amide bonds. The van der Waals surface area contributed by atoms with E-state index in [1.807, 2.05) is 12.1 Å². The highest BCUT2D eigenvalue weighted by Gasteiger charge is 2.14. The maximum absolute atomic E-state index is 5.22. The van der Waals surface area contributed by atoms with Gasteiger partial charge in [0.25, 0.3) is 0 Å². The van der Waals surface area contributed by atoms with Crippen molar-refractivity contribution in [2.24, 2.45) is 0 Å². The summed E-state index contributed by atoms with van der Waals surface area (Å²) in [5, 5.41) is 0. The molecule has 0 saturated heterocycles. The third kappa shape index (κ3) is 3.41. The first-order valence-corrected chi connectivity index (χ1v) is 8.26. The van der Waals surface area contributed by atoms with Gasteiger partial charge < -0.3 is 4.74 Å². The lowest BCUT2D eigenvalue weighted by atomic mass is 10.0. The van der Waals surface area contributed by atoms with Crippen LogP contribution in [0, 0.1) is 6.92 Å². The van der Waals surface area contributed by atoms with Crippen LogP contribution in [0.1, 0.15) is 21.5 Å². The lowest BCUT2D eigenvalue weighted by Crippen LogP contribution is -1.95. The monoisotopic (exact) mass is 446 g/mol. The number of methoxy groups -OCH3 is 1. The number of hydrogen-bond acceptors (Lipinski definition) is 1. The van der Waals surface area contributed by atoms with Crippen LogP contribution in [0.5, 0.6) is 5.75 Å². The highest BCUT2D eigenvalue weighted by atomic mass is 79.9. The van der Waals surface area contributed by atoms with Crippen LogP contribution in [0.3, 0.4) is 0 Å². The molecule has 2 rings (SSSR count). The van der Waals surface area contributed by atoms with Gasteiger partial charge in [0.05, 0.1) is 11.9 Å². The quantitative estimate of drug-likeness (QED) is 0.522. The van der Waals surface area contributed by atoms with Crippen molar-refractivity contribution in [1.29, 1.82) is 0 Å². The van der Waals surface area contributed by atoms with E-state index in [4.69, 9.17) is 4.74 Å². The smallest absolute Gasteiger partial charge is 0.120 e. The summed E-state index contributed by atoms with van der Waals surface area (Å²) in [7, 11) is 1.67. The van der Waals surface area contributed by atoms with Gasteiger partial charge in [-0.25, -0.2) is 0 Å². The van der Waals surface area contributed by atoms with E-state index < -0.39 is 0 Å². The van der Waals surface area contributed by atoms with E-state index in [-0.39, 0.29) is 4.83 Å². The summed E-state index contributed by atoms with van der Waals surface area (Å²) < 4.78 is 7.37. The van der Waals surface area contributed by atoms with Gasteiger partial charge in [0, 0.05) is 8.95 Å². The van der Waals surface area contributed by atoms with Gasteiger partial charge in [-0.05, 0) is 41.8 Å². The van der Waals surface area contributed by atoms with Gasteiger partial charge in [-0.2, -0.15) is 0 Å². The molecule has 0 fully saturated rings. The Labute approximate surface area is 138 Å². The molecule has 2 aromatic carbocycles. The third-order valence-corrected chi connectivity index (χ3v) is 5.53. The van der Waals surface area contributed by atoms with Crippen LogP contribution >= 0.6 is 47.8 Å². The molecule has 0 aliphatic rings. The van der Waals surface area contributed by atoms with Crippen molar-refractivity contribution < 1.29 is 4.74 Å². The van der Waals surface area contributed by atoms with Crippen LogP contribution in [0.2, 0.25) is 0 Å². The van der Waals surface area contributed by atoms with Crippen molar-refractivity contribution in [2.75, 3.05) is 7.11 Å². The van der Waals surface area contributed by atoms with E-state index in [1.54, 1.807) is 7.11 Å². The highest BCUT2D eigenvalue weighted by molar-refractivity contribution is 9.11. The van der Waals surface area contributed by atoms with E-state index in [1.165, 1.54) is 16.7 Å². The predicted octanol–water partition coefficient (Wildman–Crippen LogP) is 6.01. The Morgan fingerprint density at radius 2 is 1.74 bits per heavy atom. The molecular weight excluding hydrogens is 436 g/mol. The fraction of sp³-hybridized carbons (Fsp3) is 0.200. The summed E-state index contributed by atoms with van der Waals surface area (Å²) in [5.74, 6) is 0.848. The summed E-state index contributed by atoms with van der Waals surface area (Å²) in [4.78, 5) is 0.143. The molecular formula is C15H13Br3O. The molecule has 0 aliphatic carbocycles. The second kappa shape index (κ2) is 6.42. The Kier molecular flexibility index (Phi) is 5.09. The van der Waals surface area contributed by atoms with Crippen molar-refractivity contribution in [3.8, 4) is 5.75 Å². The molecule has 0 spiro atoms. The van der Waals surface area contributed by atoms with Crippen molar-refractivity contribution in [2.45, 2.75) is 11.8 Å². The Morgan fingerprint density at radius 1 is 1.00 bits per heavy atom. The Balaban J connectivity index is 2.38. The molecule has 100 valence electrons. The van der Waals surface area contributed by atoms with E-state index in [0.29, 0.717) is 0 Å². The maximum Gasteiger partial charge on any atom is 0.120 e. The number of benzene rings is 2. The Morgan fingerprint density at radius 3 is 2.32 bits per heavy atom. The summed E-state index contributed by atoms with van der Waals surface area (Å²) in [6, 6.07) is 12.4. The largest absolute Gasteiger partial charge is 0.497 e. The first-order chi connectivity index (χ1) is 9.02. The third-order valence-electron chi connectivity index (χ3n) is 2.97. The zero-order valence-corrected chi connectivity index (χ0v) is 15.3. The minimum absolute atomic E-state index is 0.143. The predicted molar refractivity (Wildman–Crippen MR) is 90.3 cm³/mol.